The Morgan fingerprint density at radius 2 is 1.48 bits per heavy atom. The van der Waals surface area contributed by atoms with Gasteiger partial charge in [-0.05, 0) is 23.5 Å². The van der Waals surface area contributed by atoms with E-state index < -0.39 is 0 Å². The van der Waals surface area contributed by atoms with Crippen molar-refractivity contribution < 1.29 is 9.31 Å². The Morgan fingerprint density at radius 3 is 2.00 bits per heavy atom. The van der Waals surface area contributed by atoms with Crippen LogP contribution in [0.25, 0.3) is 0 Å². The third-order valence-corrected chi connectivity index (χ3v) is 5.47. The maximum atomic E-state index is 6.29. The van der Waals surface area contributed by atoms with Crippen molar-refractivity contribution in [2.24, 2.45) is 5.41 Å². The molecular formula is C22H29BO2. The molecule has 0 aromatic heterocycles. The summed E-state index contributed by atoms with van der Waals surface area (Å²) < 4.78 is 12.6. The predicted octanol–water partition coefficient (Wildman–Crippen LogP) is 5.24. The van der Waals surface area contributed by atoms with Crippen LogP contribution in [0.5, 0.6) is 0 Å². The van der Waals surface area contributed by atoms with Gasteiger partial charge in [0.25, 0.3) is 0 Å². The molecule has 0 radical (unpaired) electrons. The summed E-state index contributed by atoms with van der Waals surface area (Å²) in [6.07, 6.45) is 1.03. The van der Waals surface area contributed by atoms with Gasteiger partial charge in [0.2, 0.25) is 0 Å². The molecule has 1 heterocycles. The van der Waals surface area contributed by atoms with E-state index in [1.807, 2.05) is 0 Å². The van der Waals surface area contributed by atoms with E-state index in [4.69, 9.17) is 9.31 Å². The molecule has 0 bridgehead atoms. The van der Waals surface area contributed by atoms with Crippen LogP contribution in [0.3, 0.4) is 0 Å². The van der Waals surface area contributed by atoms with Crippen molar-refractivity contribution >= 4 is 7.12 Å². The van der Waals surface area contributed by atoms with Crippen LogP contribution < -0.4 is 0 Å². The van der Waals surface area contributed by atoms with Crippen molar-refractivity contribution in [2.45, 2.75) is 45.3 Å². The van der Waals surface area contributed by atoms with E-state index in [-0.39, 0.29) is 17.8 Å². The van der Waals surface area contributed by atoms with Crippen LogP contribution >= 0.6 is 0 Å². The van der Waals surface area contributed by atoms with Gasteiger partial charge in [-0.15, -0.1) is 0 Å². The number of rotatable bonds is 5. The minimum absolute atomic E-state index is 0.0720. The van der Waals surface area contributed by atoms with Gasteiger partial charge in [0.05, 0.1) is 0 Å². The molecule has 1 aliphatic heterocycles. The average molecular weight is 336 g/mol. The molecule has 1 fully saturated rings. The van der Waals surface area contributed by atoms with Crippen LogP contribution in [0, 0.1) is 5.41 Å². The van der Waals surface area contributed by atoms with Crippen molar-refractivity contribution in [2.75, 3.05) is 13.2 Å². The lowest BCUT2D eigenvalue weighted by molar-refractivity contribution is 0.0154. The second-order valence-corrected chi connectivity index (χ2v) is 8.14. The van der Waals surface area contributed by atoms with Crippen molar-refractivity contribution in [3.8, 4) is 0 Å². The zero-order chi connectivity index (χ0) is 17.9. The molecule has 3 heteroatoms. The first-order chi connectivity index (χ1) is 12.0. The van der Waals surface area contributed by atoms with E-state index in [1.54, 1.807) is 0 Å². The van der Waals surface area contributed by atoms with Gasteiger partial charge in [-0.1, -0.05) is 88.4 Å². The number of hydrogen-bond acceptors (Lipinski definition) is 2. The molecule has 0 N–H and O–H groups in total. The highest BCUT2D eigenvalue weighted by Gasteiger charge is 2.51. The summed E-state index contributed by atoms with van der Waals surface area (Å²) in [5.74, 6) is 0.322. The van der Waals surface area contributed by atoms with Crippen LogP contribution in [-0.4, -0.2) is 20.3 Å². The number of benzene rings is 2. The SMILES string of the molecule is CCC(c1ccccc1)C(C)(B1OCC(C)(C)CO1)c1ccccc1. The molecule has 132 valence electrons. The molecular weight excluding hydrogens is 307 g/mol. The molecule has 2 unspecified atom stereocenters. The first-order valence-corrected chi connectivity index (χ1v) is 9.31. The van der Waals surface area contributed by atoms with Gasteiger partial charge in [0, 0.05) is 23.9 Å². The summed E-state index contributed by atoms with van der Waals surface area (Å²) >= 11 is 0. The molecule has 1 saturated heterocycles. The Kier molecular flexibility index (Phi) is 5.36. The monoisotopic (exact) mass is 336 g/mol. The standard InChI is InChI=1S/C22H29BO2/c1-5-20(18-12-8-6-9-13-18)22(4,19-14-10-7-11-15-19)23-24-16-21(2,3)17-25-23/h6-15,20H,5,16-17H2,1-4H3. The summed E-state index contributed by atoms with van der Waals surface area (Å²) in [5.41, 5.74) is 2.69. The van der Waals surface area contributed by atoms with E-state index in [9.17, 15) is 0 Å². The molecule has 0 spiro atoms. The summed E-state index contributed by atoms with van der Waals surface area (Å²) in [6, 6.07) is 21.5. The molecule has 0 saturated carbocycles. The molecule has 0 aliphatic carbocycles. The molecule has 25 heavy (non-hydrogen) atoms. The predicted molar refractivity (Wildman–Crippen MR) is 105 cm³/mol. The molecule has 1 aliphatic rings. The summed E-state index contributed by atoms with van der Waals surface area (Å²) in [7, 11) is -0.243. The highest BCUT2D eigenvalue weighted by molar-refractivity contribution is 6.49. The molecule has 2 nitrogen and oxygen atoms in total. The fraction of sp³-hybridized carbons (Fsp3) is 0.455. The Bertz CT molecular complexity index is 661. The lowest BCUT2D eigenvalue weighted by atomic mass is 9.47. The number of hydrogen-bond donors (Lipinski definition) is 0. The van der Waals surface area contributed by atoms with Gasteiger partial charge in [0.15, 0.2) is 0 Å². The lowest BCUT2D eigenvalue weighted by Crippen LogP contribution is -2.54. The van der Waals surface area contributed by atoms with Gasteiger partial charge < -0.3 is 9.31 Å². The molecule has 2 aromatic rings. The topological polar surface area (TPSA) is 18.5 Å². The van der Waals surface area contributed by atoms with Crippen molar-refractivity contribution in [1.29, 1.82) is 0 Å². The van der Waals surface area contributed by atoms with E-state index >= 15 is 0 Å². The minimum Gasteiger partial charge on any atom is -0.410 e. The largest absolute Gasteiger partial charge is 0.468 e. The smallest absolute Gasteiger partial charge is 0.410 e. The highest BCUT2D eigenvalue weighted by atomic mass is 16.6. The van der Waals surface area contributed by atoms with E-state index in [0.717, 1.165) is 19.6 Å². The first-order valence-electron chi connectivity index (χ1n) is 9.31. The van der Waals surface area contributed by atoms with E-state index in [1.165, 1.54) is 11.1 Å². The van der Waals surface area contributed by atoms with Crippen molar-refractivity contribution in [3.05, 3.63) is 71.8 Å². The first kappa shape index (κ1) is 18.2. The Morgan fingerprint density at radius 1 is 0.960 bits per heavy atom. The van der Waals surface area contributed by atoms with Crippen LogP contribution in [-0.2, 0) is 14.6 Å². The second-order valence-electron chi connectivity index (χ2n) is 8.14. The lowest BCUT2D eigenvalue weighted by Gasteiger charge is -2.45. The molecule has 2 atom stereocenters. The van der Waals surface area contributed by atoms with Gasteiger partial charge in [0.1, 0.15) is 0 Å². The maximum Gasteiger partial charge on any atom is 0.468 e. The van der Waals surface area contributed by atoms with E-state index in [0.29, 0.717) is 5.92 Å². The maximum absolute atomic E-state index is 6.29. The minimum atomic E-state index is -0.243. The Labute approximate surface area is 152 Å². The van der Waals surface area contributed by atoms with Crippen LogP contribution in [0.4, 0.5) is 0 Å². The van der Waals surface area contributed by atoms with Gasteiger partial charge >= 0.3 is 7.12 Å². The van der Waals surface area contributed by atoms with Crippen molar-refractivity contribution in [1.82, 2.24) is 0 Å². The van der Waals surface area contributed by atoms with Gasteiger partial charge in [-0.3, -0.25) is 0 Å². The van der Waals surface area contributed by atoms with Crippen LogP contribution in [0.15, 0.2) is 60.7 Å². The average Bonchev–Trinajstić information content (AvgIpc) is 2.63. The quantitative estimate of drug-likeness (QED) is 0.695. The van der Waals surface area contributed by atoms with Crippen molar-refractivity contribution in [3.63, 3.8) is 0 Å². The second kappa shape index (κ2) is 7.35. The van der Waals surface area contributed by atoms with Crippen LogP contribution in [0.2, 0.25) is 0 Å². The summed E-state index contributed by atoms with van der Waals surface area (Å²) in [4.78, 5) is 0. The van der Waals surface area contributed by atoms with E-state index in [2.05, 4.69) is 88.4 Å². The summed E-state index contributed by atoms with van der Waals surface area (Å²) in [5, 5.41) is -0.242. The summed E-state index contributed by atoms with van der Waals surface area (Å²) in [6.45, 7) is 10.4. The molecule has 0 amide bonds. The van der Waals surface area contributed by atoms with Gasteiger partial charge in [-0.2, -0.15) is 0 Å². The van der Waals surface area contributed by atoms with Crippen LogP contribution in [0.1, 0.15) is 51.2 Å². The zero-order valence-electron chi connectivity index (χ0n) is 15.9. The third kappa shape index (κ3) is 3.68. The van der Waals surface area contributed by atoms with Gasteiger partial charge in [-0.25, -0.2) is 0 Å². The normalized spacial score (nSPS) is 20.7. The fourth-order valence-corrected chi connectivity index (χ4v) is 4.03. The Balaban J connectivity index is 2.03. The third-order valence-electron chi connectivity index (χ3n) is 5.47. The molecule has 3 rings (SSSR count). The Hall–Kier alpha value is -1.58. The zero-order valence-corrected chi connectivity index (χ0v) is 15.9. The highest BCUT2D eigenvalue weighted by Crippen LogP contribution is 2.45. The fourth-order valence-electron chi connectivity index (χ4n) is 4.03. The molecule has 2 aromatic carbocycles.